The Balaban J connectivity index is 1.81. The van der Waals surface area contributed by atoms with Crippen molar-refractivity contribution in [1.29, 1.82) is 0 Å². The molecule has 3 rings (SSSR count). The van der Waals surface area contributed by atoms with Gasteiger partial charge in [0.15, 0.2) is 0 Å². The summed E-state index contributed by atoms with van der Waals surface area (Å²) in [5.74, 6) is 0. The van der Waals surface area contributed by atoms with Crippen LogP contribution in [-0.4, -0.2) is 16.4 Å². The number of hydrogen-bond donors (Lipinski definition) is 1. The summed E-state index contributed by atoms with van der Waals surface area (Å²) in [5, 5.41) is 0. The molecule has 0 aliphatic carbocycles. The molecular weight excluding hydrogens is 366 g/mol. The molecule has 1 unspecified atom stereocenters. The molecule has 4 nitrogen and oxygen atoms in total. The van der Waals surface area contributed by atoms with Gasteiger partial charge in [0.05, 0.1) is 7.05 Å². The molecule has 2 aromatic heterocycles. The van der Waals surface area contributed by atoms with Crippen LogP contribution in [0.1, 0.15) is 22.4 Å². The Morgan fingerprint density at radius 3 is 2.67 bits per heavy atom. The molecule has 1 N–H and O–H groups in total. The molecule has 0 fully saturated rings. The fourth-order valence-electron chi connectivity index (χ4n) is 2.96. The zero-order valence-electron chi connectivity index (χ0n) is 14.1. The average molecular weight is 387 g/mol. The third-order valence-electron chi connectivity index (χ3n) is 4.15. The topological polar surface area (TPSA) is 38.8 Å². The summed E-state index contributed by atoms with van der Waals surface area (Å²) in [6.45, 7) is 5.88. The Kier molecular flexibility index (Phi) is 4.83. The fourth-order valence-corrected chi connectivity index (χ4v) is 3.29. The highest BCUT2D eigenvalue weighted by Gasteiger charge is 2.10. The first-order chi connectivity index (χ1) is 11.4. The lowest BCUT2D eigenvalue weighted by atomic mass is 10.1. The molecule has 0 aliphatic rings. The lowest BCUT2D eigenvalue weighted by molar-refractivity contribution is -0.908. The van der Waals surface area contributed by atoms with Gasteiger partial charge in [-0.05, 0) is 47.5 Å². The predicted octanol–water partition coefficient (Wildman–Crippen LogP) is 2.29. The molecule has 24 heavy (non-hydrogen) atoms. The van der Waals surface area contributed by atoms with Crippen LogP contribution in [0.3, 0.4) is 0 Å². The number of halogens is 1. The van der Waals surface area contributed by atoms with Crippen LogP contribution in [0, 0.1) is 13.8 Å². The van der Waals surface area contributed by atoms with Crippen LogP contribution in [0.25, 0.3) is 5.65 Å². The minimum absolute atomic E-state index is 0.0457. The van der Waals surface area contributed by atoms with Crippen molar-refractivity contribution >= 4 is 21.6 Å². The molecule has 0 saturated carbocycles. The maximum Gasteiger partial charge on any atom is 0.258 e. The van der Waals surface area contributed by atoms with Crippen molar-refractivity contribution in [1.82, 2.24) is 9.38 Å². The minimum atomic E-state index is -0.0457. The maximum absolute atomic E-state index is 12.3. The summed E-state index contributed by atoms with van der Waals surface area (Å²) in [5.41, 5.74) is 5.38. The van der Waals surface area contributed by atoms with Gasteiger partial charge in [-0.3, -0.25) is 9.20 Å². The van der Waals surface area contributed by atoms with Gasteiger partial charge in [0.2, 0.25) is 0 Å². The fraction of sp³-hybridized carbons (Fsp3) is 0.263. The molecule has 0 bridgehead atoms. The smallest absolute Gasteiger partial charge is 0.258 e. The van der Waals surface area contributed by atoms with Crippen LogP contribution < -0.4 is 10.5 Å². The second-order valence-corrected chi connectivity index (χ2v) is 7.32. The summed E-state index contributed by atoms with van der Waals surface area (Å²) in [6.07, 6.45) is 1.75. The van der Waals surface area contributed by atoms with Crippen molar-refractivity contribution in [2.24, 2.45) is 0 Å². The molecule has 1 atom stereocenters. The Hall–Kier alpha value is -1.98. The molecule has 1 aromatic carbocycles. The summed E-state index contributed by atoms with van der Waals surface area (Å²) in [4.78, 5) is 18.2. The number of quaternary nitrogens is 1. The molecule has 0 saturated heterocycles. The first-order valence-electron chi connectivity index (χ1n) is 7.97. The van der Waals surface area contributed by atoms with Gasteiger partial charge in [-0.2, -0.15) is 0 Å². The normalized spacial score (nSPS) is 12.5. The van der Waals surface area contributed by atoms with Crippen molar-refractivity contribution < 1.29 is 4.90 Å². The van der Waals surface area contributed by atoms with E-state index in [1.54, 1.807) is 16.7 Å². The molecule has 124 valence electrons. The van der Waals surface area contributed by atoms with E-state index in [0.29, 0.717) is 5.65 Å². The standard InChI is InChI=1S/C19H20BrN3O/c1-13-4-5-15(14(2)8-13)10-22(3)12-17-9-19(24)23-11-16(20)6-7-18(23)21-17/h4-9,11H,10,12H2,1-3H3/p+1. The Morgan fingerprint density at radius 1 is 1.12 bits per heavy atom. The lowest BCUT2D eigenvalue weighted by Crippen LogP contribution is -3.06. The Morgan fingerprint density at radius 2 is 1.92 bits per heavy atom. The van der Waals surface area contributed by atoms with Crippen LogP contribution in [0.15, 0.2) is 51.9 Å². The number of rotatable bonds is 4. The number of hydrogen-bond acceptors (Lipinski definition) is 2. The molecule has 0 spiro atoms. The average Bonchev–Trinajstić information content (AvgIpc) is 2.51. The van der Waals surface area contributed by atoms with Crippen molar-refractivity contribution in [3.05, 3.63) is 79.8 Å². The number of benzene rings is 1. The van der Waals surface area contributed by atoms with E-state index in [1.165, 1.54) is 21.6 Å². The number of nitrogens with one attached hydrogen (secondary N) is 1. The molecule has 3 aromatic rings. The second kappa shape index (κ2) is 6.87. The van der Waals surface area contributed by atoms with Crippen molar-refractivity contribution in [3.63, 3.8) is 0 Å². The van der Waals surface area contributed by atoms with E-state index in [2.05, 4.69) is 60.0 Å². The van der Waals surface area contributed by atoms with Crippen molar-refractivity contribution in [2.75, 3.05) is 7.05 Å². The zero-order chi connectivity index (χ0) is 17.3. The molecule has 0 amide bonds. The molecule has 5 heteroatoms. The van der Waals surface area contributed by atoms with Crippen LogP contribution in [0.5, 0.6) is 0 Å². The minimum Gasteiger partial charge on any atom is -0.329 e. The Labute approximate surface area is 149 Å². The van der Waals surface area contributed by atoms with E-state index >= 15 is 0 Å². The summed E-state index contributed by atoms with van der Waals surface area (Å²) < 4.78 is 2.43. The Bertz CT molecular complexity index is 949. The summed E-state index contributed by atoms with van der Waals surface area (Å²) in [6, 6.07) is 11.9. The van der Waals surface area contributed by atoms with Crippen molar-refractivity contribution in [3.8, 4) is 0 Å². The quantitative estimate of drug-likeness (QED) is 0.746. The molecule has 2 heterocycles. The number of aryl methyl sites for hydroxylation is 2. The van der Waals surface area contributed by atoms with Crippen LogP contribution in [-0.2, 0) is 13.1 Å². The lowest BCUT2D eigenvalue weighted by Gasteiger charge is -2.15. The first-order valence-corrected chi connectivity index (χ1v) is 8.77. The summed E-state index contributed by atoms with van der Waals surface area (Å²) >= 11 is 3.38. The van der Waals surface area contributed by atoms with Gasteiger partial charge in [-0.15, -0.1) is 0 Å². The van der Waals surface area contributed by atoms with Gasteiger partial charge in [-0.1, -0.05) is 23.8 Å². The zero-order valence-corrected chi connectivity index (χ0v) is 15.7. The molecular formula is C19H21BrN3O+. The van der Waals surface area contributed by atoms with Gasteiger partial charge in [0, 0.05) is 22.3 Å². The highest BCUT2D eigenvalue weighted by Crippen LogP contribution is 2.10. The molecule has 0 radical (unpaired) electrons. The number of pyridine rings is 1. The highest BCUT2D eigenvalue weighted by molar-refractivity contribution is 9.10. The second-order valence-electron chi connectivity index (χ2n) is 6.40. The van der Waals surface area contributed by atoms with Gasteiger partial charge < -0.3 is 4.90 Å². The van der Waals surface area contributed by atoms with Crippen molar-refractivity contribution in [2.45, 2.75) is 26.9 Å². The van der Waals surface area contributed by atoms with Crippen LogP contribution in [0.4, 0.5) is 0 Å². The van der Waals surface area contributed by atoms with Gasteiger partial charge in [-0.25, -0.2) is 4.98 Å². The van der Waals surface area contributed by atoms with E-state index in [9.17, 15) is 4.79 Å². The predicted molar refractivity (Wildman–Crippen MR) is 99.4 cm³/mol. The molecule has 0 aliphatic heterocycles. The number of aromatic nitrogens is 2. The van der Waals surface area contributed by atoms with Gasteiger partial charge in [0.25, 0.3) is 5.56 Å². The first kappa shape index (κ1) is 16.9. The van der Waals surface area contributed by atoms with Crippen LogP contribution >= 0.6 is 15.9 Å². The van der Waals surface area contributed by atoms with E-state index < -0.39 is 0 Å². The third kappa shape index (κ3) is 3.74. The number of nitrogens with zero attached hydrogens (tertiary/aromatic N) is 2. The van der Waals surface area contributed by atoms with E-state index in [0.717, 1.165) is 23.3 Å². The maximum atomic E-state index is 12.3. The van der Waals surface area contributed by atoms with E-state index in [1.807, 2.05) is 12.1 Å². The third-order valence-corrected chi connectivity index (χ3v) is 4.62. The highest BCUT2D eigenvalue weighted by atomic mass is 79.9. The van der Waals surface area contributed by atoms with Gasteiger partial charge >= 0.3 is 0 Å². The summed E-state index contributed by atoms with van der Waals surface area (Å²) in [7, 11) is 2.13. The SMILES string of the molecule is Cc1ccc(C[NH+](C)Cc2cc(=O)n3cc(Br)ccc3n2)c(C)c1. The monoisotopic (exact) mass is 386 g/mol. The van der Waals surface area contributed by atoms with Gasteiger partial charge in [0.1, 0.15) is 24.4 Å². The van der Waals surface area contributed by atoms with Crippen LogP contribution in [0.2, 0.25) is 0 Å². The number of fused-ring (bicyclic) bond motifs is 1. The van der Waals surface area contributed by atoms with E-state index in [4.69, 9.17) is 0 Å². The largest absolute Gasteiger partial charge is 0.329 e. The van der Waals surface area contributed by atoms with E-state index in [-0.39, 0.29) is 5.56 Å².